The molecule has 0 aliphatic heterocycles. The lowest BCUT2D eigenvalue weighted by Gasteiger charge is -2.18. The zero-order chi connectivity index (χ0) is 22.6. The van der Waals surface area contributed by atoms with Crippen LogP contribution >= 0.6 is 11.6 Å². The van der Waals surface area contributed by atoms with Crippen molar-refractivity contribution in [2.45, 2.75) is 0 Å². The summed E-state index contributed by atoms with van der Waals surface area (Å²) in [5.74, 6) is -0.949. The van der Waals surface area contributed by atoms with E-state index in [9.17, 15) is 9.18 Å². The Labute approximate surface area is 186 Å². The molecule has 0 radical (unpaired) electrons. The average Bonchev–Trinajstić information content (AvgIpc) is 3.14. The van der Waals surface area contributed by atoms with Crippen LogP contribution in [0.25, 0.3) is 38.8 Å². The molecule has 0 saturated heterocycles. The molecule has 3 heterocycles. The van der Waals surface area contributed by atoms with Gasteiger partial charge in [0.1, 0.15) is 0 Å². The minimum absolute atomic E-state index is 0.242. The van der Waals surface area contributed by atoms with Gasteiger partial charge in [-0.15, -0.1) is 0 Å². The maximum absolute atomic E-state index is 14.5. The third-order valence-corrected chi connectivity index (χ3v) is 5.63. The highest BCUT2D eigenvalue weighted by atomic mass is 35.5. The second kappa shape index (κ2) is 7.35. The second-order valence-electron chi connectivity index (χ2n) is 7.42. The molecule has 0 aliphatic rings. The molecule has 0 unspecified atom stereocenters. The van der Waals surface area contributed by atoms with Crippen LogP contribution in [-0.4, -0.2) is 26.4 Å². The van der Waals surface area contributed by atoms with E-state index in [4.69, 9.17) is 17.3 Å². The molecule has 0 aliphatic carbocycles. The fraction of sp³-hybridized carbons (Fsp3) is 0.0870. The Morgan fingerprint density at radius 3 is 2.59 bits per heavy atom. The number of hydrogen-bond donors (Lipinski definition) is 2. The van der Waals surface area contributed by atoms with Crippen molar-refractivity contribution in [2.24, 2.45) is 7.05 Å². The van der Waals surface area contributed by atoms with Gasteiger partial charge in [0.05, 0.1) is 22.5 Å². The molecule has 0 saturated carbocycles. The Morgan fingerprint density at radius 2 is 1.88 bits per heavy atom. The number of halogens is 2. The number of anilines is 2. The third kappa shape index (κ3) is 3.07. The van der Waals surface area contributed by atoms with E-state index in [2.05, 4.69) is 15.4 Å². The number of benzene rings is 2. The lowest BCUT2D eigenvalue weighted by atomic mass is 10.0. The monoisotopic (exact) mass is 448 g/mol. The fourth-order valence-electron chi connectivity index (χ4n) is 3.96. The van der Waals surface area contributed by atoms with Crippen LogP contribution in [0.3, 0.4) is 0 Å². The summed E-state index contributed by atoms with van der Waals surface area (Å²) in [7, 11) is 3.52. The first-order chi connectivity index (χ1) is 15.4. The molecule has 0 bridgehead atoms. The van der Waals surface area contributed by atoms with Gasteiger partial charge in [-0.05, 0) is 48.0 Å². The van der Waals surface area contributed by atoms with Gasteiger partial charge in [0, 0.05) is 36.1 Å². The quantitative estimate of drug-likeness (QED) is 0.428. The van der Waals surface area contributed by atoms with Crippen molar-refractivity contribution in [3.8, 4) is 16.8 Å². The van der Waals surface area contributed by atoms with Gasteiger partial charge >= 0.3 is 0 Å². The summed E-state index contributed by atoms with van der Waals surface area (Å²) in [4.78, 5) is 18.1. The Bertz CT molecular complexity index is 1570. The van der Waals surface area contributed by atoms with E-state index in [-0.39, 0.29) is 17.0 Å². The van der Waals surface area contributed by atoms with Crippen LogP contribution in [0, 0.1) is 5.82 Å². The van der Waals surface area contributed by atoms with E-state index in [1.54, 1.807) is 36.0 Å². The van der Waals surface area contributed by atoms with Gasteiger partial charge in [-0.1, -0.05) is 17.7 Å². The summed E-state index contributed by atoms with van der Waals surface area (Å²) in [6.07, 6.45) is 1.87. The SMILES string of the molecule is CNc1c(-c2ccc3nn(C)cc3c2)c(=O)n(-c2ccc(Cl)cc2)c2nc(N)c(F)cc12. The molecular formula is C23H18ClFN6O. The Kier molecular flexibility index (Phi) is 4.60. The number of nitrogens with one attached hydrogen (secondary N) is 1. The molecule has 3 aromatic heterocycles. The Hall–Kier alpha value is -3.91. The molecule has 5 rings (SSSR count). The molecule has 3 N–H and O–H groups in total. The van der Waals surface area contributed by atoms with E-state index >= 15 is 0 Å². The van der Waals surface area contributed by atoms with Crippen molar-refractivity contribution in [3.63, 3.8) is 0 Å². The highest BCUT2D eigenvalue weighted by Gasteiger charge is 2.21. The van der Waals surface area contributed by atoms with Crippen molar-refractivity contribution < 1.29 is 4.39 Å². The number of aryl methyl sites for hydroxylation is 1. The molecule has 5 aromatic rings. The number of hydrogen-bond acceptors (Lipinski definition) is 5. The summed E-state index contributed by atoms with van der Waals surface area (Å²) in [5.41, 5.74) is 8.53. The van der Waals surface area contributed by atoms with E-state index in [1.807, 2.05) is 31.4 Å². The van der Waals surface area contributed by atoms with Gasteiger partial charge in [-0.2, -0.15) is 5.10 Å². The topological polar surface area (TPSA) is 90.8 Å². The zero-order valence-electron chi connectivity index (χ0n) is 17.2. The van der Waals surface area contributed by atoms with Gasteiger partial charge in [0.15, 0.2) is 17.3 Å². The smallest absolute Gasteiger partial charge is 0.266 e. The van der Waals surface area contributed by atoms with E-state index in [0.717, 1.165) is 10.9 Å². The number of fused-ring (bicyclic) bond motifs is 2. The van der Waals surface area contributed by atoms with Crippen LogP contribution in [-0.2, 0) is 7.05 Å². The lowest BCUT2D eigenvalue weighted by molar-refractivity contribution is 0.629. The van der Waals surface area contributed by atoms with Crippen molar-refractivity contribution in [1.82, 2.24) is 19.3 Å². The normalized spacial score (nSPS) is 11.4. The second-order valence-corrected chi connectivity index (χ2v) is 7.86. The number of pyridine rings is 2. The zero-order valence-corrected chi connectivity index (χ0v) is 18.0. The van der Waals surface area contributed by atoms with Crippen molar-refractivity contribution in [1.29, 1.82) is 0 Å². The highest BCUT2D eigenvalue weighted by molar-refractivity contribution is 6.30. The maximum Gasteiger partial charge on any atom is 0.266 e. The number of nitrogens with zero attached hydrogens (tertiary/aromatic N) is 4. The van der Waals surface area contributed by atoms with Crippen LogP contribution in [0.2, 0.25) is 5.02 Å². The first-order valence-electron chi connectivity index (χ1n) is 9.79. The van der Waals surface area contributed by atoms with Gasteiger partial charge < -0.3 is 11.1 Å². The van der Waals surface area contributed by atoms with Crippen LogP contribution in [0.4, 0.5) is 15.9 Å². The first-order valence-corrected chi connectivity index (χ1v) is 10.2. The summed E-state index contributed by atoms with van der Waals surface area (Å²) >= 11 is 6.04. The highest BCUT2D eigenvalue weighted by Crippen LogP contribution is 2.34. The Morgan fingerprint density at radius 1 is 1.12 bits per heavy atom. The van der Waals surface area contributed by atoms with Gasteiger partial charge in [-0.3, -0.25) is 14.0 Å². The molecule has 160 valence electrons. The van der Waals surface area contributed by atoms with Crippen molar-refractivity contribution in [3.05, 3.63) is 75.9 Å². The summed E-state index contributed by atoms with van der Waals surface area (Å²) in [6.45, 7) is 0. The number of rotatable bonds is 3. The number of nitrogens with two attached hydrogens (primary N) is 1. The minimum atomic E-state index is -0.663. The molecule has 9 heteroatoms. The molecular weight excluding hydrogens is 431 g/mol. The summed E-state index contributed by atoms with van der Waals surface area (Å²) < 4.78 is 17.6. The maximum atomic E-state index is 14.5. The van der Waals surface area contributed by atoms with Crippen LogP contribution < -0.4 is 16.6 Å². The lowest BCUT2D eigenvalue weighted by Crippen LogP contribution is -2.23. The van der Waals surface area contributed by atoms with Crippen LogP contribution in [0.5, 0.6) is 0 Å². The first kappa shape index (κ1) is 20.0. The van der Waals surface area contributed by atoms with Crippen LogP contribution in [0.15, 0.2) is 59.5 Å². The van der Waals surface area contributed by atoms with Crippen molar-refractivity contribution >= 4 is 45.0 Å². The van der Waals surface area contributed by atoms with Gasteiger partial charge in [0.2, 0.25) is 0 Å². The average molecular weight is 449 g/mol. The largest absolute Gasteiger partial charge is 0.387 e. The number of nitrogen functional groups attached to an aromatic ring is 1. The number of aromatic nitrogens is 4. The van der Waals surface area contributed by atoms with Crippen molar-refractivity contribution in [2.75, 3.05) is 18.1 Å². The standard InChI is InChI=1S/C23H18ClFN6O/c1-27-20-16-10-17(25)21(26)28-22(16)31(15-6-4-14(24)5-7-15)23(32)19(20)12-3-8-18-13(9-12)11-30(2)29-18/h3-11,27H,1-2H3,(H2,26,28). The van der Waals surface area contributed by atoms with Gasteiger partial charge in [0.25, 0.3) is 5.56 Å². The fourth-order valence-corrected chi connectivity index (χ4v) is 4.08. The predicted octanol–water partition coefficient (Wildman–Crippen LogP) is 4.36. The molecule has 32 heavy (non-hydrogen) atoms. The summed E-state index contributed by atoms with van der Waals surface area (Å²) in [5, 5.41) is 9.29. The molecule has 0 amide bonds. The molecule has 0 spiro atoms. The van der Waals surface area contributed by atoms with Gasteiger partial charge in [-0.25, -0.2) is 9.37 Å². The molecule has 0 fully saturated rings. The summed E-state index contributed by atoms with van der Waals surface area (Å²) in [6, 6.07) is 13.6. The van der Waals surface area contributed by atoms with E-state index in [0.29, 0.717) is 32.9 Å². The Balaban J connectivity index is 1.94. The molecule has 0 atom stereocenters. The predicted molar refractivity (Wildman–Crippen MR) is 126 cm³/mol. The minimum Gasteiger partial charge on any atom is -0.387 e. The van der Waals surface area contributed by atoms with Crippen LogP contribution in [0.1, 0.15) is 0 Å². The van der Waals surface area contributed by atoms with E-state index < -0.39 is 5.82 Å². The molecule has 7 nitrogen and oxygen atoms in total. The van der Waals surface area contributed by atoms with E-state index in [1.165, 1.54) is 10.6 Å². The third-order valence-electron chi connectivity index (χ3n) is 5.37. The molecule has 2 aromatic carbocycles.